The second-order valence-electron chi connectivity index (χ2n) is 23.3. The topological polar surface area (TPSA) is 539 Å². The maximum Gasteiger partial charge on any atom is 0.323 e. The van der Waals surface area contributed by atoms with Gasteiger partial charge in [-0.05, 0) is 68.9 Å². The van der Waals surface area contributed by atoms with Crippen molar-refractivity contribution in [3.05, 3.63) is 87.0 Å². The van der Waals surface area contributed by atoms with Crippen molar-refractivity contribution in [2.75, 3.05) is 138 Å². The fraction of sp³-hybridized carbons (Fsp3) is 0.578. The first-order valence-electron chi connectivity index (χ1n) is 32.5. The summed E-state index contributed by atoms with van der Waals surface area (Å²) in [5.41, 5.74) is 1.76. The molecule has 1 aliphatic heterocycles. The lowest BCUT2D eigenvalue weighted by Crippen LogP contribution is -2.57. The highest BCUT2D eigenvalue weighted by Gasteiger charge is 2.32. The van der Waals surface area contributed by atoms with Gasteiger partial charge in [-0.25, -0.2) is 13.4 Å². The quantitative estimate of drug-likeness (QED) is 0.0152. The Morgan fingerprint density at radius 1 is 0.667 bits per heavy atom. The molecule has 102 heavy (non-hydrogen) atoms. The summed E-state index contributed by atoms with van der Waals surface area (Å²) in [6.07, 6.45) is 1.82. The number of aromatic amines is 1. The number of carboxylic acids is 4. The van der Waals surface area contributed by atoms with Crippen molar-refractivity contribution >= 4 is 80.3 Å². The number of aliphatic carboxylic acids is 4. The van der Waals surface area contributed by atoms with Gasteiger partial charge in [0.2, 0.25) is 39.1 Å². The first-order valence-corrected chi connectivity index (χ1v) is 33.9. The third kappa shape index (κ3) is 32.1. The molecule has 37 nitrogen and oxygen atoms in total. The number of nitrogens with one attached hydrogen (secondary N) is 9. The predicted molar refractivity (Wildman–Crippen MR) is 372 cm³/mol. The van der Waals surface area contributed by atoms with Crippen LogP contribution in [0.2, 0.25) is 0 Å². The van der Waals surface area contributed by atoms with E-state index in [4.69, 9.17) is 14.9 Å². The molecule has 4 unspecified atom stereocenters. The lowest BCUT2D eigenvalue weighted by molar-refractivity contribution is -0.143. The van der Waals surface area contributed by atoms with Crippen molar-refractivity contribution in [2.24, 2.45) is 0 Å². The molecule has 0 spiro atoms. The zero-order valence-electron chi connectivity index (χ0n) is 57.4. The van der Waals surface area contributed by atoms with E-state index >= 15 is 0 Å². The SMILES string of the molecule is C.CO.CO.Cc1cc(C)c(S(=O)(=O)NC(CNC(=O)c2cn(CCCNC(=O)CCC(=O)NCCCOCCCNC(=O)C(CC(=O)O)NC(=O)C(CC(=O)O)NC(O)CN3CCN(CO)CCN(CO)CCN(CC(=O)O)CC3)c3cc(CNc4ncc[nH]4)ccc3c2=O)C(=O)O)c(C)c1. The molecular formula is C64H103N15O22S. The second kappa shape index (κ2) is 47.5. The van der Waals surface area contributed by atoms with Gasteiger partial charge in [-0.3, -0.25) is 72.9 Å². The van der Waals surface area contributed by atoms with Gasteiger partial charge in [0.25, 0.3) is 5.91 Å². The molecule has 3 heterocycles. The highest BCUT2D eigenvalue weighted by Crippen LogP contribution is 2.22. The van der Waals surface area contributed by atoms with Crippen LogP contribution in [0.1, 0.15) is 85.0 Å². The molecule has 1 fully saturated rings. The third-order valence-corrected chi connectivity index (χ3v) is 17.3. The van der Waals surface area contributed by atoms with Crippen LogP contribution in [0.15, 0.2) is 58.6 Å². The molecular weight excluding hydrogens is 1360 g/mol. The first kappa shape index (κ1) is 89.4. The first-order chi connectivity index (χ1) is 48.2. The lowest BCUT2D eigenvalue weighted by atomic mass is 10.1. The Hall–Kier alpha value is -8.64. The molecule has 0 bridgehead atoms. The van der Waals surface area contributed by atoms with Crippen LogP contribution in [-0.2, 0) is 66.2 Å². The summed E-state index contributed by atoms with van der Waals surface area (Å²) in [5.74, 6) is -8.84. The number of benzene rings is 2. The number of amides is 5. The number of ether oxygens (including phenoxy) is 1. The predicted octanol–water partition coefficient (Wildman–Crippen LogP) is -3.49. The largest absolute Gasteiger partial charge is 0.481 e. The Labute approximate surface area is 591 Å². The summed E-state index contributed by atoms with van der Waals surface area (Å²) >= 11 is 0. The minimum absolute atomic E-state index is 0. The zero-order valence-corrected chi connectivity index (χ0v) is 58.3. The summed E-state index contributed by atoms with van der Waals surface area (Å²) in [5, 5.41) is 102. The molecule has 5 amide bonds. The molecule has 5 rings (SSSR count). The number of aromatic nitrogens is 3. The van der Waals surface area contributed by atoms with E-state index < -0.39 is 113 Å². The van der Waals surface area contributed by atoms with Gasteiger partial charge >= 0.3 is 23.9 Å². The average molecular weight is 1470 g/mol. The van der Waals surface area contributed by atoms with E-state index in [0.717, 1.165) is 25.3 Å². The molecule has 4 aromatic rings. The number of β-amino-alcohol motifs (C(OH)–C–C–N with tert-alkyl or cyclic N) is 1. The van der Waals surface area contributed by atoms with Gasteiger partial charge in [-0.1, -0.05) is 31.2 Å². The number of aliphatic hydroxyl groups excluding tert-OH is 5. The van der Waals surface area contributed by atoms with Gasteiger partial charge in [0, 0.05) is 162 Å². The van der Waals surface area contributed by atoms with Crippen LogP contribution in [-0.4, -0.2) is 299 Å². The van der Waals surface area contributed by atoms with Gasteiger partial charge in [0.15, 0.2) is 5.95 Å². The number of carboxylic acid groups (broad SMARTS) is 4. The number of fused-ring (bicyclic) bond motifs is 1. The smallest absolute Gasteiger partial charge is 0.323 e. The number of nitrogens with zero attached hydrogens (tertiary/aromatic N) is 6. The van der Waals surface area contributed by atoms with E-state index in [2.05, 4.69) is 51.9 Å². The average Bonchev–Trinajstić information content (AvgIpc) is 0.824. The number of sulfonamides is 1. The van der Waals surface area contributed by atoms with E-state index in [-0.39, 0.29) is 148 Å². The number of aryl methyl sites for hydroxylation is 4. The van der Waals surface area contributed by atoms with Gasteiger partial charge in [0.05, 0.1) is 49.3 Å². The zero-order chi connectivity index (χ0) is 75.2. The summed E-state index contributed by atoms with van der Waals surface area (Å²) in [6, 6.07) is 3.15. The van der Waals surface area contributed by atoms with Gasteiger partial charge in [-0.15, -0.1) is 0 Å². The Balaban J connectivity index is 0.00000694. The number of rotatable bonds is 40. The van der Waals surface area contributed by atoms with Crippen LogP contribution >= 0.6 is 0 Å². The van der Waals surface area contributed by atoms with E-state index in [9.17, 15) is 92.1 Å². The molecule has 572 valence electrons. The Morgan fingerprint density at radius 2 is 1.21 bits per heavy atom. The van der Waals surface area contributed by atoms with Crippen molar-refractivity contribution in [1.82, 2.24) is 70.8 Å². The summed E-state index contributed by atoms with van der Waals surface area (Å²) in [4.78, 5) is 141. The second-order valence-corrected chi connectivity index (χ2v) is 25.0. The van der Waals surface area contributed by atoms with E-state index in [1.54, 1.807) is 87.7 Å². The van der Waals surface area contributed by atoms with Crippen LogP contribution in [0.25, 0.3) is 10.9 Å². The highest BCUT2D eigenvalue weighted by atomic mass is 32.2. The summed E-state index contributed by atoms with van der Waals surface area (Å²) in [6.45, 7) is 6.51. The Bertz CT molecular complexity index is 3470. The minimum atomic E-state index is -4.38. The van der Waals surface area contributed by atoms with E-state index in [0.29, 0.717) is 55.2 Å². The summed E-state index contributed by atoms with van der Waals surface area (Å²) in [7, 11) is -2.38. The number of carbonyl (C=O) groups is 9. The van der Waals surface area contributed by atoms with Crippen LogP contribution < -0.4 is 47.4 Å². The fourth-order valence-corrected chi connectivity index (χ4v) is 12.3. The van der Waals surface area contributed by atoms with Crippen molar-refractivity contribution < 1.29 is 102 Å². The van der Waals surface area contributed by atoms with Gasteiger partial charge < -0.3 is 92.1 Å². The number of H-pyrrole nitrogens is 1. The summed E-state index contributed by atoms with van der Waals surface area (Å²) < 4.78 is 36.3. The third-order valence-electron chi connectivity index (χ3n) is 15.5. The maximum absolute atomic E-state index is 13.9. The number of imidazole rings is 1. The molecule has 0 radical (unpaired) electrons. The molecule has 4 atom stereocenters. The monoisotopic (exact) mass is 1470 g/mol. The van der Waals surface area contributed by atoms with E-state index in [1.807, 2.05) is 0 Å². The molecule has 2 aromatic heterocycles. The van der Waals surface area contributed by atoms with Crippen molar-refractivity contribution in [1.29, 1.82) is 0 Å². The molecule has 1 aliphatic rings. The molecule has 2 aromatic carbocycles. The van der Waals surface area contributed by atoms with Crippen LogP contribution in [0, 0.1) is 20.8 Å². The van der Waals surface area contributed by atoms with Crippen molar-refractivity contribution in [2.45, 2.75) is 115 Å². The Kier molecular flexibility index (Phi) is 41.7. The minimum Gasteiger partial charge on any atom is -0.481 e. The molecule has 0 saturated carbocycles. The Morgan fingerprint density at radius 3 is 1.74 bits per heavy atom. The number of carbonyl (C=O) groups excluding carboxylic acids is 5. The van der Waals surface area contributed by atoms with E-state index in [1.165, 1.54) is 6.20 Å². The van der Waals surface area contributed by atoms with Crippen LogP contribution in [0.3, 0.4) is 0 Å². The number of aliphatic hydroxyl groups is 5. The standard InChI is InChI=1S/C61H91N15O20S.2CH4O.CH4/c1-39-27-40(2)56(41(3)28-39)97(94,95)71-47(60(92)93)33-67-57(89)44-34-76(48-29-42(7-8-43(48)55(44)88)32-68-61-65-14-15-66-61)16-4-11-62-49(79)9-10-50(80)63-12-5-25-96-26-6-13-64-58(90)45(30-52(82)83)70-59(91)46(31-53(84)85)69-51(81)35-72-17-18-73(36-54(86)87)20-22-75(38-78)24-23-74(37-77)21-19-72;2*1-2;/h7-8,14-15,27-29,34,45-47,51,69,71,77-78,81H,4-6,9-13,16-26,30-33,35-38H2,1-3H3,(H,62,79)(H,63,80)(H,64,90)(H,67,89)(H,70,91)(H,82,83)(H,84,85)(H,86,87)(H,92,93)(H2,65,66,68);2*2H,1H3;1H4. The maximum atomic E-state index is 13.9. The molecule has 18 N–H and O–H groups in total. The number of hydrogen-bond acceptors (Lipinski definition) is 25. The van der Waals surface area contributed by atoms with Crippen LogP contribution in [0.4, 0.5) is 5.95 Å². The number of pyridine rings is 1. The molecule has 0 aliphatic carbocycles. The van der Waals surface area contributed by atoms with Crippen molar-refractivity contribution in [3.8, 4) is 0 Å². The van der Waals surface area contributed by atoms with Gasteiger partial charge in [-0.2, -0.15) is 4.72 Å². The molecule has 38 heteroatoms. The fourth-order valence-electron chi connectivity index (χ4n) is 10.6. The number of hydrogen-bond donors (Lipinski definition) is 18. The van der Waals surface area contributed by atoms with Crippen LogP contribution in [0.5, 0.6) is 0 Å². The van der Waals surface area contributed by atoms with Gasteiger partial charge in [0.1, 0.15) is 23.9 Å². The highest BCUT2D eigenvalue weighted by molar-refractivity contribution is 7.89. The van der Waals surface area contributed by atoms with Crippen molar-refractivity contribution in [3.63, 3.8) is 0 Å². The molecule has 1 saturated heterocycles. The normalized spacial score (nSPS) is 14.6. The lowest BCUT2D eigenvalue weighted by Gasteiger charge is -2.34. The number of anilines is 1.